The summed E-state index contributed by atoms with van der Waals surface area (Å²) < 4.78 is 0. The number of carboxylic acid groups (broad SMARTS) is 1. The van der Waals surface area contributed by atoms with Gasteiger partial charge in [-0.15, -0.1) is 0 Å². The molecule has 1 aliphatic carbocycles. The lowest BCUT2D eigenvalue weighted by atomic mass is 9.71. The van der Waals surface area contributed by atoms with Gasteiger partial charge in [0.25, 0.3) is 0 Å². The van der Waals surface area contributed by atoms with Crippen LogP contribution in [-0.2, 0) is 9.59 Å². The molecule has 0 saturated heterocycles. The van der Waals surface area contributed by atoms with Gasteiger partial charge in [0.1, 0.15) is 0 Å². The summed E-state index contributed by atoms with van der Waals surface area (Å²) in [4.78, 5) is 23.7. The lowest BCUT2D eigenvalue weighted by Gasteiger charge is -2.34. The van der Waals surface area contributed by atoms with Crippen LogP contribution in [0, 0.1) is 16.7 Å². The first-order valence-electron chi connectivity index (χ1n) is 7.70. The van der Waals surface area contributed by atoms with Crippen LogP contribution in [0.5, 0.6) is 0 Å². The highest BCUT2D eigenvalue weighted by molar-refractivity contribution is 5.85. The molecule has 20 heavy (non-hydrogen) atoms. The smallest absolute Gasteiger partial charge is 0.310 e. The Bertz CT molecular complexity index is 355. The molecule has 1 fully saturated rings. The molecule has 116 valence electrons. The van der Waals surface area contributed by atoms with Crippen molar-refractivity contribution in [3.8, 4) is 0 Å². The van der Waals surface area contributed by atoms with Crippen LogP contribution < -0.4 is 5.32 Å². The number of amides is 1. The molecule has 0 aromatic heterocycles. The molecule has 0 unspecified atom stereocenters. The SMILES string of the molecule is CC(C)C(C)(C)CNC(=O)CC1(C(=O)O)CCCCC1. The largest absolute Gasteiger partial charge is 0.481 e. The fourth-order valence-corrected chi connectivity index (χ4v) is 2.60. The Morgan fingerprint density at radius 1 is 1.20 bits per heavy atom. The van der Waals surface area contributed by atoms with Gasteiger partial charge >= 0.3 is 5.97 Å². The van der Waals surface area contributed by atoms with Crippen molar-refractivity contribution >= 4 is 11.9 Å². The topological polar surface area (TPSA) is 66.4 Å². The summed E-state index contributed by atoms with van der Waals surface area (Å²) >= 11 is 0. The van der Waals surface area contributed by atoms with Crippen LogP contribution >= 0.6 is 0 Å². The van der Waals surface area contributed by atoms with Crippen LogP contribution in [-0.4, -0.2) is 23.5 Å². The average Bonchev–Trinajstić information content (AvgIpc) is 2.37. The van der Waals surface area contributed by atoms with E-state index in [0.717, 1.165) is 19.3 Å². The number of nitrogens with one attached hydrogen (secondary N) is 1. The third-order valence-corrected chi connectivity index (χ3v) is 5.07. The first-order chi connectivity index (χ1) is 9.19. The number of carbonyl (C=O) groups excluding carboxylic acids is 1. The van der Waals surface area contributed by atoms with Gasteiger partial charge in [-0.2, -0.15) is 0 Å². The summed E-state index contributed by atoms with van der Waals surface area (Å²) in [7, 11) is 0. The summed E-state index contributed by atoms with van der Waals surface area (Å²) in [6, 6.07) is 0. The maximum atomic E-state index is 12.1. The van der Waals surface area contributed by atoms with Crippen molar-refractivity contribution in [2.24, 2.45) is 16.7 Å². The maximum Gasteiger partial charge on any atom is 0.310 e. The quantitative estimate of drug-likeness (QED) is 0.786. The van der Waals surface area contributed by atoms with Crippen LogP contribution in [0.2, 0.25) is 0 Å². The van der Waals surface area contributed by atoms with E-state index < -0.39 is 11.4 Å². The summed E-state index contributed by atoms with van der Waals surface area (Å²) in [5, 5.41) is 12.4. The summed E-state index contributed by atoms with van der Waals surface area (Å²) in [5.74, 6) is -0.468. The Hall–Kier alpha value is -1.06. The third-order valence-electron chi connectivity index (χ3n) is 5.07. The highest BCUT2D eigenvalue weighted by Gasteiger charge is 2.41. The number of carboxylic acids is 1. The predicted molar refractivity (Wildman–Crippen MR) is 79.4 cm³/mol. The van der Waals surface area contributed by atoms with Crippen LogP contribution in [0.4, 0.5) is 0 Å². The first kappa shape index (κ1) is 17.0. The second kappa shape index (κ2) is 6.59. The minimum Gasteiger partial charge on any atom is -0.481 e. The zero-order valence-electron chi connectivity index (χ0n) is 13.3. The standard InChI is InChI=1S/C16H29NO3/c1-12(2)15(3,4)11-17-13(18)10-16(14(19)20)8-6-5-7-9-16/h12H,5-11H2,1-4H3,(H,17,18)(H,19,20). The Kier molecular flexibility index (Phi) is 5.60. The van der Waals surface area contributed by atoms with Crippen LogP contribution in [0.1, 0.15) is 66.2 Å². The first-order valence-corrected chi connectivity index (χ1v) is 7.70. The van der Waals surface area contributed by atoms with E-state index in [0.29, 0.717) is 25.3 Å². The fourth-order valence-electron chi connectivity index (χ4n) is 2.60. The number of hydrogen-bond acceptors (Lipinski definition) is 2. The van der Waals surface area contributed by atoms with Crippen molar-refractivity contribution in [2.75, 3.05) is 6.54 Å². The molecule has 0 radical (unpaired) electrons. The summed E-state index contributed by atoms with van der Waals surface area (Å²) in [6.07, 6.45) is 4.29. The number of rotatable bonds is 6. The molecule has 0 spiro atoms. The zero-order valence-corrected chi connectivity index (χ0v) is 13.3. The summed E-state index contributed by atoms with van der Waals surface area (Å²) in [5.41, 5.74) is -0.803. The monoisotopic (exact) mass is 283 g/mol. The van der Waals surface area contributed by atoms with Crippen LogP contribution in [0.25, 0.3) is 0 Å². The van der Waals surface area contributed by atoms with E-state index >= 15 is 0 Å². The molecule has 1 rings (SSSR count). The molecule has 4 nitrogen and oxygen atoms in total. The van der Waals surface area contributed by atoms with Gasteiger partial charge in [-0.1, -0.05) is 47.0 Å². The average molecular weight is 283 g/mol. The van der Waals surface area contributed by atoms with Crippen molar-refractivity contribution in [1.82, 2.24) is 5.32 Å². The molecule has 0 aliphatic heterocycles. The molecule has 0 heterocycles. The van der Waals surface area contributed by atoms with E-state index in [2.05, 4.69) is 33.0 Å². The van der Waals surface area contributed by atoms with Crippen LogP contribution in [0.15, 0.2) is 0 Å². The Morgan fingerprint density at radius 2 is 1.75 bits per heavy atom. The Morgan fingerprint density at radius 3 is 2.20 bits per heavy atom. The highest BCUT2D eigenvalue weighted by Crippen LogP contribution is 2.39. The van der Waals surface area contributed by atoms with E-state index in [-0.39, 0.29) is 17.7 Å². The molecule has 0 bridgehead atoms. The number of hydrogen-bond donors (Lipinski definition) is 2. The minimum atomic E-state index is -0.829. The van der Waals surface area contributed by atoms with E-state index in [1.54, 1.807) is 0 Å². The molecule has 2 N–H and O–H groups in total. The van der Waals surface area contributed by atoms with Gasteiger partial charge < -0.3 is 10.4 Å². The molecule has 1 aliphatic rings. The lowest BCUT2D eigenvalue weighted by Crippen LogP contribution is -2.42. The van der Waals surface area contributed by atoms with Gasteiger partial charge in [-0.25, -0.2) is 0 Å². The second-order valence-electron chi connectivity index (χ2n) is 7.24. The molecule has 1 saturated carbocycles. The van der Waals surface area contributed by atoms with Crippen molar-refractivity contribution in [2.45, 2.75) is 66.2 Å². The van der Waals surface area contributed by atoms with Crippen LogP contribution in [0.3, 0.4) is 0 Å². The van der Waals surface area contributed by atoms with E-state index in [4.69, 9.17) is 0 Å². The number of carbonyl (C=O) groups is 2. The van der Waals surface area contributed by atoms with E-state index in [9.17, 15) is 14.7 Å². The molecule has 0 aromatic rings. The molecule has 0 atom stereocenters. The van der Waals surface area contributed by atoms with Gasteiger partial charge in [-0.3, -0.25) is 9.59 Å². The molecular formula is C16H29NO3. The fraction of sp³-hybridized carbons (Fsp3) is 0.875. The van der Waals surface area contributed by atoms with Gasteiger partial charge in [0, 0.05) is 13.0 Å². The molecule has 1 amide bonds. The molecule has 4 heteroatoms. The van der Waals surface area contributed by atoms with E-state index in [1.807, 2.05) is 0 Å². The normalized spacial score (nSPS) is 18.9. The van der Waals surface area contributed by atoms with Gasteiger partial charge in [0.2, 0.25) is 5.91 Å². The predicted octanol–water partition coefficient (Wildman–Crippen LogP) is 3.21. The van der Waals surface area contributed by atoms with Crippen molar-refractivity contribution in [1.29, 1.82) is 0 Å². The van der Waals surface area contributed by atoms with Crippen molar-refractivity contribution < 1.29 is 14.7 Å². The highest BCUT2D eigenvalue weighted by atomic mass is 16.4. The number of aliphatic carboxylic acids is 1. The zero-order chi connectivity index (χ0) is 15.4. The van der Waals surface area contributed by atoms with Crippen molar-refractivity contribution in [3.05, 3.63) is 0 Å². The molecule has 0 aromatic carbocycles. The lowest BCUT2D eigenvalue weighted by molar-refractivity contribution is -0.154. The van der Waals surface area contributed by atoms with Gasteiger partial charge in [0.15, 0.2) is 0 Å². The van der Waals surface area contributed by atoms with Crippen molar-refractivity contribution in [3.63, 3.8) is 0 Å². The summed E-state index contributed by atoms with van der Waals surface area (Å²) in [6.45, 7) is 9.09. The molecular weight excluding hydrogens is 254 g/mol. The Balaban J connectivity index is 2.57. The minimum absolute atomic E-state index is 0.0264. The van der Waals surface area contributed by atoms with Gasteiger partial charge in [0.05, 0.1) is 5.41 Å². The van der Waals surface area contributed by atoms with Gasteiger partial charge in [-0.05, 0) is 24.2 Å². The third kappa shape index (κ3) is 4.22. The second-order valence-corrected chi connectivity index (χ2v) is 7.24. The van der Waals surface area contributed by atoms with E-state index in [1.165, 1.54) is 0 Å². The Labute approximate surface area is 122 Å². The maximum absolute atomic E-state index is 12.1.